The Morgan fingerprint density at radius 2 is 1.50 bits per heavy atom. The third-order valence-electron chi connectivity index (χ3n) is 4.45. The molecule has 1 aliphatic heterocycles. The first kappa shape index (κ1) is 13.5. The van der Waals surface area contributed by atoms with Gasteiger partial charge in [0, 0.05) is 25.0 Å². The first-order valence-electron chi connectivity index (χ1n) is 7.38. The molecular formula is C14H20N2O4. The van der Waals surface area contributed by atoms with Crippen LogP contribution in [0.3, 0.4) is 0 Å². The Kier molecular flexibility index (Phi) is 4.00. The number of carboxylic acid groups (broad SMARTS) is 1. The summed E-state index contributed by atoms with van der Waals surface area (Å²) in [6.07, 6.45) is 4.93. The van der Waals surface area contributed by atoms with Crippen LogP contribution in [0.2, 0.25) is 0 Å². The summed E-state index contributed by atoms with van der Waals surface area (Å²) in [4.78, 5) is 10.9. The zero-order chi connectivity index (χ0) is 13.9. The normalized spacial score (nSPS) is 28.4. The minimum Gasteiger partial charge on any atom is -0.481 e. The van der Waals surface area contributed by atoms with Gasteiger partial charge in [-0.3, -0.25) is 4.79 Å². The highest BCUT2D eigenvalue weighted by Gasteiger charge is 2.30. The van der Waals surface area contributed by atoms with Crippen molar-refractivity contribution in [3.05, 3.63) is 11.8 Å². The topological polar surface area (TPSA) is 85.5 Å². The molecule has 2 aliphatic rings. The van der Waals surface area contributed by atoms with Gasteiger partial charge in [0.1, 0.15) is 0 Å². The van der Waals surface area contributed by atoms with Crippen LogP contribution in [0, 0.1) is 5.92 Å². The molecule has 0 unspecified atom stereocenters. The highest BCUT2D eigenvalue weighted by Crippen LogP contribution is 2.36. The standard InChI is InChI=1S/C14H20N2O4/c17-14(18)11-3-1-9(2-4-11)12-15-16-13(20-12)10-5-7-19-8-6-10/h9-11H,1-8H2,(H,17,18)/t9-,11-. The average Bonchev–Trinajstić information content (AvgIpc) is 2.98. The van der Waals surface area contributed by atoms with Crippen LogP contribution >= 0.6 is 0 Å². The van der Waals surface area contributed by atoms with E-state index in [4.69, 9.17) is 14.3 Å². The van der Waals surface area contributed by atoms with Crippen molar-refractivity contribution >= 4 is 5.97 Å². The fourth-order valence-corrected chi connectivity index (χ4v) is 3.11. The Labute approximate surface area is 117 Å². The molecule has 1 saturated carbocycles. The third-order valence-corrected chi connectivity index (χ3v) is 4.45. The molecule has 0 spiro atoms. The van der Waals surface area contributed by atoms with Crippen LogP contribution < -0.4 is 0 Å². The van der Waals surface area contributed by atoms with E-state index in [1.165, 1.54) is 0 Å². The van der Waals surface area contributed by atoms with Gasteiger partial charge in [-0.25, -0.2) is 0 Å². The van der Waals surface area contributed by atoms with Crippen molar-refractivity contribution in [3.63, 3.8) is 0 Å². The number of carboxylic acids is 1. The molecule has 1 aromatic rings. The van der Waals surface area contributed by atoms with Crippen molar-refractivity contribution in [2.45, 2.75) is 50.4 Å². The zero-order valence-corrected chi connectivity index (χ0v) is 11.5. The second-order valence-corrected chi connectivity index (χ2v) is 5.75. The summed E-state index contributed by atoms with van der Waals surface area (Å²) >= 11 is 0. The molecular weight excluding hydrogens is 260 g/mol. The van der Waals surface area contributed by atoms with Gasteiger partial charge in [0.25, 0.3) is 0 Å². The van der Waals surface area contributed by atoms with Crippen molar-refractivity contribution in [1.82, 2.24) is 10.2 Å². The molecule has 6 heteroatoms. The minimum atomic E-state index is -0.683. The van der Waals surface area contributed by atoms with Crippen LogP contribution in [0.25, 0.3) is 0 Å². The van der Waals surface area contributed by atoms with E-state index in [0.29, 0.717) is 24.7 Å². The van der Waals surface area contributed by atoms with Gasteiger partial charge in [-0.05, 0) is 38.5 Å². The summed E-state index contributed by atoms with van der Waals surface area (Å²) in [6, 6.07) is 0. The predicted molar refractivity (Wildman–Crippen MR) is 69.4 cm³/mol. The molecule has 1 N–H and O–H groups in total. The number of hydrogen-bond acceptors (Lipinski definition) is 5. The zero-order valence-electron chi connectivity index (χ0n) is 11.5. The predicted octanol–water partition coefficient (Wildman–Crippen LogP) is 2.32. The number of nitrogens with zero attached hydrogens (tertiary/aromatic N) is 2. The van der Waals surface area contributed by atoms with Gasteiger partial charge < -0.3 is 14.3 Å². The maximum absolute atomic E-state index is 10.9. The molecule has 1 saturated heterocycles. The number of rotatable bonds is 3. The second kappa shape index (κ2) is 5.91. The third kappa shape index (κ3) is 2.85. The maximum Gasteiger partial charge on any atom is 0.306 e. The molecule has 1 aliphatic carbocycles. The number of aromatic nitrogens is 2. The van der Waals surface area contributed by atoms with E-state index in [0.717, 1.165) is 44.8 Å². The van der Waals surface area contributed by atoms with Crippen molar-refractivity contribution in [3.8, 4) is 0 Å². The van der Waals surface area contributed by atoms with Gasteiger partial charge in [-0.15, -0.1) is 10.2 Å². The Hall–Kier alpha value is -1.43. The van der Waals surface area contributed by atoms with Gasteiger partial charge >= 0.3 is 5.97 Å². The molecule has 2 fully saturated rings. The molecule has 2 heterocycles. The molecule has 0 amide bonds. The van der Waals surface area contributed by atoms with Crippen LogP contribution in [0.15, 0.2) is 4.42 Å². The Morgan fingerprint density at radius 1 is 0.950 bits per heavy atom. The lowest BCUT2D eigenvalue weighted by Crippen LogP contribution is -2.20. The number of ether oxygens (including phenoxy) is 1. The maximum atomic E-state index is 10.9. The van der Waals surface area contributed by atoms with Crippen molar-refractivity contribution in [1.29, 1.82) is 0 Å². The van der Waals surface area contributed by atoms with Crippen LogP contribution in [-0.4, -0.2) is 34.5 Å². The fourth-order valence-electron chi connectivity index (χ4n) is 3.11. The van der Waals surface area contributed by atoms with Crippen LogP contribution in [0.4, 0.5) is 0 Å². The van der Waals surface area contributed by atoms with Gasteiger partial charge in [0.2, 0.25) is 11.8 Å². The van der Waals surface area contributed by atoms with Crippen LogP contribution in [0.5, 0.6) is 0 Å². The van der Waals surface area contributed by atoms with E-state index < -0.39 is 5.97 Å². The molecule has 20 heavy (non-hydrogen) atoms. The lowest BCUT2D eigenvalue weighted by atomic mass is 9.82. The molecule has 6 nitrogen and oxygen atoms in total. The highest BCUT2D eigenvalue weighted by molar-refractivity contribution is 5.70. The molecule has 110 valence electrons. The van der Waals surface area contributed by atoms with Gasteiger partial charge in [-0.2, -0.15) is 0 Å². The summed E-state index contributed by atoms with van der Waals surface area (Å²) in [7, 11) is 0. The monoisotopic (exact) mass is 280 g/mol. The SMILES string of the molecule is O=C(O)[C@H]1CC[C@H](c2nnc(C3CCOCC3)o2)CC1. The summed E-state index contributed by atoms with van der Waals surface area (Å²) < 4.78 is 11.2. The quantitative estimate of drug-likeness (QED) is 0.914. The van der Waals surface area contributed by atoms with Gasteiger partial charge in [-0.1, -0.05) is 0 Å². The molecule has 0 aromatic carbocycles. The van der Waals surface area contributed by atoms with E-state index in [9.17, 15) is 4.79 Å². The second-order valence-electron chi connectivity index (χ2n) is 5.75. The first-order chi connectivity index (χ1) is 9.74. The number of aliphatic carboxylic acids is 1. The molecule has 1 aromatic heterocycles. The van der Waals surface area contributed by atoms with Crippen molar-refractivity contribution < 1.29 is 19.1 Å². The Balaban J connectivity index is 1.61. The van der Waals surface area contributed by atoms with Crippen molar-refractivity contribution in [2.75, 3.05) is 13.2 Å². The molecule has 0 radical (unpaired) electrons. The minimum absolute atomic E-state index is 0.205. The summed E-state index contributed by atoms with van der Waals surface area (Å²) in [5.41, 5.74) is 0. The lowest BCUT2D eigenvalue weighted by Gasteiger charge is -2.23. The largest absolute Gasteiger partial charge is 0.481 e. The Bertz CT molecular complexity index is 459. The van der Waals surface area contributed by atoms with Crippen LogP contribution in [0.1, 0.15) is 62.1 Å². The summed E-state index contributed by atoms with van der Waals surface area (Å²) in [5, 5.41) is 17.4. The van der Waals surface area contributed by atoms with Crippen molar-refractivity contribution in [2.24, 2.45) is 5.92 Å². The highest BCUT2D eigenvalue weighted by atomic mass is 16.5. The van der Waals surface area contributed by atoms with Gasteiger partial charge in [0.05, 0.1) is 5.92 Å². The van der Waals surface area contributed by atoms with E-state index in [2.05, 4.69) is 10.2 Å². The van der Waals surface area contributed by atoms with E-state index in [1.807, 2.05) is 0 Å². The summed E-state index contributed by atoms with van der Waals surface area (Å²) in [5.74, 6) is 1.08. The molecule has 0 bridgehead atoms. The summed E-state index contributed by atoms with van der Waals surface area (Å²) in [6.45, 7) is 1.51. The first-order valence-corrected chi connectivity index (χ1v) is 7.38. The van der Waals surface area contributed by atoms with Gasteiger partial charge in [0.15, 0.2) is 0 Å². The van der Waals surface area contributed by atoms with E-state index >= 15 is 0 Å². The molecule has 3 rings (SSSR count). The lowest BCUT2D eigenvalue weighted by molar-refractivity contribution is -0.142. The average molecular weight is 280 g/mol. The Morgan fingerprint density at radius 3 is 2.05 bits per heavy atom. The van der Waals surface area contributed by atoms with E-state index in [-0.39, 0.29) is 11.8 Å². The van der Waals surface area contributed by atoms with Crippen LogP contribution in [-0.2, 0) is 9.53 Å². The van der Waals surface area contributed by atoms with E-state index in [1.54, 1.807) is 0 Å². The smallest absolute Gasteiger partial charge is 0.306 e. The number of carbonyl (C=O) groups is 1. The fraction of sp³-hybridized carbons (Fsp3) is 0.786. The number of hydrogen-bond donors (Lipinski definition) is 1. The molecule has 0 atom stereocenters.